The van der Waals surface area contributed by atoms with Gasteiger partial charge in [0, 0.05) is 48.2 Å². The smallest absolute Gasteiger partial charge is 0.334 e. The molecular weight excluding hydrogens is 406 g/mol. The number of aromatic nitrogens is 4. The molecule has 3 heterocycles. The van der Waals surface area contributed by atoms with E-state index < -0.39 is 17.2 Å². The van der Waals surface area contributed by atoms with E-state index in [4.69, 9.17) is 9.47 Å². The SMILES string of the molecule is [CH2]CN(C)C(=O)n1c([S+]([O-])Cc2ncc(C)c(OC)c2C)nc2ccc(OC)nc21. The van der Waals surface area contributed by atoms with Crippen LogP contribution in [0.1, 0.15) is 16.8 Å². The Labute approximate surface area is 178 Å². The molecule has 3 aromatic heterocycles. The summed E-state index contributed by atoms with van der Waals surface area (Å²) in [6.45, 7) is 7.72. The lowest BCUT2D eigenvalue weighted by molar-refractivity contribution is 0.213. The van der Waals surface area contributed by atoms with Gasteiger partial charge in [-0.05, 0) is 26.8 Å². The van der Waals surface area contributed by atoms with Crippen LogP contribution in [0.4, 0.5) is 4.79 Å². The molecule has 0 spiro atoms. The summed E-state index contributed by atoms with van der Waals surface area (Å²) < 4.78 is 25.2. The number of nitrogens with zero attached hydrogens (tertiary/aromatic N) is 5. The molecule has 159 valence electrons. The zero-order chi connectivity index (χ0) is 22.0. The third kappa shape index (κ3) is 3.92. The Kier molecular flexibility index (Phi) is 6.47. The van der Waals surface area contributed by atoms with E-state index in [0.29, 0.717) is 22.8 Å². The molecule has 0 saturated carbocycles. The Balaban J connectivity index is 2.09. The van der Waals surface area contributed by atoms with Crippen molar-refractivity contribution in [3.8, 4) is 11.6 Å². The molecule has 9 nitrogen and oxygen atoms in total. The summed E-state index contributed by atoms with van der Waals surface area (Å²) in [6.07, 6.45) is 1.68. The first-order chi connectivity index (χ1) is 14.3. The van der Waals surface area contributed by atoms with Crippen LogP contribution < -0.4 is 9.47 Å². The van der Waals surface area contributed by atoms with Crippen molar-refractivity contribution in [2.75, 3.05) is 27.8 Å². The lowest BCUT2D eigenvalue weighted by Crippen LogP contribution is -2.33. The molecule has 3 aromatic rings. The van der Waals surface area contributed by atoms with Crippen molar-refractivity contribution in [2.45, 2.75) is 24.8 Å². The minimum Gasteiger partial charge on any atom is -0.609 e. The Hall–Kier alpha value is -2.85. The van der Waals surface area contributed by atoms with Crippen molar-refractivity contribution >= 4 is 28.4 Å². The van der Waals surface area contributed by atoms with Gasteiger partial charge in [-0.15, -0.1) is 0 Å². The number of methoxy groups -OCH3 is 2. The van der Waals surface area contributed by atoms with Crippen LogP contribution in [0, 0.1) is 20.8 Å². The number of amides is 1. The number of imidazole rings is 1. The van der Waals surface area contributed by atoms with E-state index >= 15 is 0 Å². The van der Waals surface area contributed by atoms with Gasteiger partial charge in [0.2, 0.25) is 5.88 Å². The normalized spacial score (nSPS) is 12.1. The first-order valence-corrected chi connectivity index (χ1v) is 10.5. The van der Waals surface area contributed by atoms with Gasteiger partial charge in [0.25, 0.3) is 0 Å². The van der Waals surface area contributed by atoms with E-state index in [9.17, 15) is 9.35 Å². The van der Waals surface area contributed by atoms with Crippen LogP contribution in [0.3, 0.4) is 0 Å². The van der Waals surface area contributed by atoms with Crippen LogP contribution in [0.2, 0.25) is 0 Å². The van der Waals surface area contributed by atoms with Gasteiger partial charge < -0.3 is 18.9 Å². The maximum absolute atomic E-state index is 13.3. The van der Waals surface area contributed by atoms with E-state index in [2.05, 4.69) is 21.9 Å². The van der Waals surface area contributed by atoms with E-state index in [1.807, 2.05) is 13.8 Å². The molecule has 0 aliphatic carbocycles. The van der Waals surface area contributed by atoms with E-state index in [1.54, 1.807) is 32.5 Å². The predicted molar refractivity (Wildman–Crippen MR) is 113 cm³/mol. The van der Waals surface area contributed by atoms with Crippen LogP contribution in [-0.4, -0.2) is 62.8 Å². The summed E-state index contributed by atoms with van der Waals surface area (Å²) in [7, 11) is 4.67. The predicted octanol–water partition coefficient (Wildman–Crippen LogP) is 2.50. The van der Waals surface area contributed by atoms with E-state index in [1.165, 1.54) is 16.6 Å². The molecule has 1 atom stereocenters. The number of carbonyl (C=O) groups is 1. The van der Waals surface area contributed by atoms with Gasteiger partial charge in [0.15, 0.2) is 11.4 Å². The zero-order valence-electron chi connectivity index (χ0n) is 17.6. The van der Waals surface area contributed by atoms with Crippen LogP contribution in [0.15, 0.2) is 23.5 Å². The quantitative estimate of drug-likeness (QED) is 0.553. The van der Waals surface area contributed by atoms with Gasteiger partial charge in [-0.25, -0.2) is 4.79 Å². The topological polar surface area (TPSA) is 105 Å². The van der Waals surface area contributed by atoms with E-state index in [0.717, 1.165) is 11.1 Å². The van der Waals surface area contributed by atoms with Gasteiger partial charge in [0.05, 0.1) is 19.9 Å². The standard InChI is InChI=1S/C20H24N5O4S/c1-7-24(4)20(26)25-18-14(8-9-16(23-18)28-5)22-19(25)30(27)11-15-13(3)17(29-6)12(2)10-21-15/h8-10H,1,7,11H2,2-6H3. The average Bonchev–Trinajstić information content (AvgIpc) is 3.13. The molecule has 30 heavy (non-hydrogen) atoms. The lowest BCUT2D eigenvalue weighted by atomic mass is 10.1. The maximum atomic E-state index is 13.3. The fraction of sp³-hybridized carbons (Fsp3) is 0.350. The molecule has 1 amide bonds. The molecular formula is C20H24N5O4S. The molecule has 0 N–H and O–H groups in total. The Morgan fingerprint density at radius 1 is 1.27 bits per heavy atom. The molecule has 0 aliphatic heterocycles. The molecule has 0 saturated heterocycles. The van der Waals surface area contributed by atoms with Crippen LogP contribution in [0.25, 0.3) is 11.2 Å². The number of rotatable bonds is 6. The van der Waals surface area contributed by atoms with Crippen LogP contribution in [-0.2, 0) is 16.9 Å². The van der Waals surface area contributed by atoms with E-state index in [-0.39, 0.29) is 23.1 Å². The number of ether oxygens (including phenoxy) is 2. The molecule has 0 fully saturated rings. The minimum atomic E-state index is -1.67. The highest BCUT2D eigenvalue weighted by Crippen LogP contribution is 2.28. The van der Waals surface area contributed by atoms with Gasteiger partial charge in [-0.3, -0.25) is 4.98 Å². The van der Waals surface area contributed by atoms with Gasteiger partial charge in [-0.1, -0.05) is 0 Å². The first-order valence-electron chi connectivity index (χ1n) is 9.18. The summed E-state index contributed by atoms with van der Waals surface area (Å²) in [5.74, 6) is 1.10. The van der Waals surface area contributed by atoms with Crippen molar-refractivity contribution in [3.05, 3.63) is 42.1 Å². The highest BCUT2D eigenvalue weighted by molar-refractivity contribution is 7.90. The third-order valence-electron chi connectivity index (χ3n) is 4.73. The highest BCUT2D eigenvalue weighted by Gasteiger charge is 2.30. The molecule has 3 rings (SSSR count). The van der Waals surface area contributed by atoms with Crippen LogP contribution in [0.5, 0.6) is 11.6 Å². The fourth-order valence-electron chi connectivity index (χ4n) is 3.03. The lowest BCUT2D eigenvalue weighted by Gasteiger charge is -2.18. The second-order valence-corrected chi connectivity index (χ2v) is 8.01. The second-order valence-electron chi connectivity index (χ2n) is 6.67. The van der Waals surface area contributed by atoms with Crippen LogP contribution >= 0.6 is 0 Å². The second kappa shape index (κ2) is 8.88. The first kappa shape index (κ1) is 21.8. The number of aryl methyl sites for hydroxylation is 1. The van der Waals surface area contributed by atoms with Gasteiger partial charge >= 0.3 is 11.2 Å². The van der Waals surface area contributed by atoms with Gasteiger partial charge in [0.1, 0.15) is 11.3 Å². The summed E-state index contributed by atoms with van der Waals surface area (Å²) >= 11 is -1.67. The Bertz CT molecular complexity index is 1080. The summed E-state index contributed by atoms with van der Waals surface area (Å²) in [5, 5.41) is 0.0943. The summed E-state index contributed by atoms with van der Waals surface area (Å²) in [6, 6.07) is 2.88. The van der Waals surface area contributed by atoms with Crippen molar-refractivity contribution in [2.24, 2.45) is 0 Å². The minimum absolute atomic E-state index is 0.0737. The molecule has 0 bridgehead atoms. The maximum Gasteiger partial charge on any atom is 0.334 e. The Morgan fingerprint density at radius 2 is 2.00 bits per heavy atom. The summed E-state index contributed by atoms with van der Waals surface area (Å²) in [4.78, 5) is 27.6. The molecule has 1 unspecified atom stereocenters. The van der Waals surface area contributed by atoms with Gasteiger partial charge in [-0.2, -0.15) is 14.5 Å². The molecule has 0 aromatic carbocycles. The fourth-order valence-corrected chi connectivity index (χ4v) is 4.27. The number of carbonyl (C=O) groups excluding carboxylic acids is 1. The molecule has 0 aliphatic rings. The number of hydrogen-bond donors (Lipinski definition) is 0. The number of hydrogen-bond acceptors (Lipinski definition) is 7. The third-order valence-corrected chi connectivity index (χ3v) is 5.95. The molecule has 10 heteroatoms. The monoisotopic (exact) mass is 430 g/mol. The Morgan fingerprint density at radius 3 is 2.63 bits per heavy atom. The average molecular weight is 431 g/mol. The van der Waals surface area contributed by atoms with Crippen molar-refractivity contribution in [3.63, 3.8) is 0 Å². The zero-order valence-corrected chi connectivity index (χ0v) is 18.4. The molecule has 1 radical (unpaired) electrons. The van der Waals surface area contributed by atoms with Crippen molar-refractivity contribution < 1.29 is 18.8 Å². The van der Waals surface area contributed by atoms with Crippen molar-refractivity contribution in [1.82, 2.24) is 24.4 Å². The largest absolute Gasteiger partial charge is 0.609 e. The highest BCUT2D eigenvalue weighted by atomic mass is 32.2. The van der Waals surface area contributed by atoms with Crippen molar-refractivity contribution in [1.29, 1.82) is 0 Å². The number of pyridine rings is 2. The number of fused-ring (bicyclic) bond motifs is 1. The summed E-state index contributed by atoms with van der Waals surface area (Å²) in [5.41, 5.74) is 3.01.